The third-order valence-corrected chi connectivity index (χ3v) is 9.15. The van der Waals surface area contributed by atoms with E-state index in [0.29, 0.717) is 0 Å². The number of aliphatic imine (C=N–C) groups is 2. The Morgan fingerprint density at radius 3 is 1.09 bits per heavy atom. The van der Waals surface area contributed by atoms with Gasteiger partial charge in [-0.05, 0) is 0 Å². The van der Waals surface area contributed by atoms with Gasteiger partial charge in [0.1, 0.15) is 25.4 Å². The van der Waals surface area contributed by atoms with Crippen molar-refractivity contribution in [1.29, 1.82) is 0 Å². The van der Waals surface area contributed by atoms with E-state index >= 15 is 0 Å². The molecule has 4 N–H and O–H groups in total. The van der Waals surface area contributed by atoms with E-state index in [2.05, 4.69) is 40.6 Å². The van der Waals surface area contributed by atoms with E-state index in [-0.39, 0.29) is 12.0 Å². The molecule has 0 aromatic carbocycles. The molecule has 0 radical (unpaired) electrons. The molecule has 2 saturated heterocycles. The monoisotopic (exact) mass is 994 g/mol. The molecule has 30 heteroatoms. The Balaban J connectivity index is 1.80. The number of aromatic amines is 2. The van der Waals surface area contributed by atoms with E-state index in [9.17, 15) is 47.9 Å². The van der Waals surface area contributed by atoms with Gasteiger partial charge >= 0.3 is 47.8 Å². The summed E-state index contributed by atoms with van der Waals surface area (Å²) in [6.45, 7) is 7.20. The van der Waals surface area contributed by atoms with E-state index in [0.717, 1.165) is 67.8 Å². The maximum absolute atomic E-state index is 13.5. The molecule has 0 spiro atoms. The highest BCUT2D eigenvalue weighted by molar-refractivity contribution is 6.17. The largest absolute Gasteiger partial charge is 0.468 e. The molecular weight excluding hydrogens is 944 g/mol. The summed E-state index contributed by atoms with van der Waals surface area (Å²) >= 11 is 0. The summed E-state index contributed by atoms with van der Waals surface area (Å²) in [6.07, 6.45) is -13.7. The van der Waals surface area contributed by atoms with Crippen LogP contribution in [0.15, 0.2) is 19.6 Å². The highest BCUT2D eigenvalue weighted by atomic mass is 16.7. The molecule has 4 rings (SSSR count). The average molecular weight is 995 g/mol. The van der Waals surface area contributed by atoms with Crippen molar-refractivity contribution in [3.05, 3.63) is 20.7 Å². The number of carbonyl (C=O) groups is 8. The molecule has 0 aliphatic carbocycles. The number of esters is 8. The Morgan fingerprint density at radius 2 is 0.800 bits per heavy atom. The first-order valence-corrected chi connectivity index (χ1v) is 20.6. The average Bonchev–Trinajstić information content (AvgIpc) is 3.25. The van der Waals surface area contributed by atoms with Gasteiger partial charge in [0.2, 0.25) is 0 Å². The zero-order valence-corrected chi connectivity index (χ0v) is 39.1. The number of hydrogen-bond donors (Lipinski definition) is 4. The van der Waals surface area contributed by atoms with Gasteiger partial charge < -0.3 is 67.5 Å². The molecular formula is C40H50N8O22. The third kappa shape index (κ3) is 15.2. The first-order chi connectivity index (χ1) is 33.0. The lowest BCUT2D eigenvalue weighted by atomic mass is 9.97. The van der Waals surface area contributed by atoms with Crippen molar-refractivity contribution in [3.8, 4) is 12.0 Å². The van der Waals surface area contributed by atoms with Crippen molar-refractivity contribution in [2.75, 3.05) is 38.1 Å². The fourth-order valence-corrected chi connectivity index (χ4v) is 6.70. The number of H-pyrrole nitrogens is 2. The van der Waals surface area contributed by atoms with Crippen LogP contribution in [0.2, 0.25) is 0 Å². The van der Waals surface area contributed by atoms with Gasteiger partial charge in [0, 0.05) is 67.8 Å². The van der Waals surface area contributed by atoms with Crippen LogP contribution in [0.1, 0.15) is 55.4 Å². The van der Waals surface area contributed by atoms with Crippen LogP contribution in [0.5, 0.6) is 12.0 Å². The number of nitrogens with one attached hydrogen (secondary N) is 4. The summed E-state index contributed by atoms with van der Waals surface area (Å²) in [7, 11) is 2.33. The number of hydrogen-bond acceptors (Lipinski definition) is 28. The van der Waals surface area contributed by atoms with E-state index in [1.165, 1.54) is 14.2 Å². The van der Waals surface area contributed by atoms with Crippen LogP contribution in [-0.4, -0.2) is 169 Å². The van der Waals surface area contributed by atoms with Gasteiger partial charge in [-0.25, -0.2) is 9.98 Å². The van der Waals surface area contributed by atoms with Crippen LogP contribution in [0.3, 0.4) is 0 Å². The fourth-order valence-electron chi connectivity index (χ4n) is 6.70. The highest BCUT2D eigenvalue weighted by Gasteiger charge is 2.54. The topological polar surface area (TPSA) is 388 Å². The summed E-state index contributed by atoms with van der Waals surface area (Å²) in [5, 5.41) is 5.50. The Labute approximate surface area is 395 Å². The normalized spacial score (nSPS) is 24.0. The summed E-state index contributed by atoms with van der Waals surface area (Å²) in [6, 6.07) is -0.751. The molecule has 0 bridgehead atoms. The second-order valence-electron chi connectivity index (χ2n) is 14.6. The second kappa shape index (κ2) is 24.8. The molecule has 2 aromatic rings. The van der Waals surface area contributed by atoms with Crippen molar-refractivity contribution in [1.82, 2.24) is 19.9 Å². The minimum Gasteiger partial charge on any atom is -0.468 e. The standard InChI is InChI=1S/C40H50N8O22/c1-15(49)61-13-23-27(63-17(3)51)29(65-19(5)53)31(67-21(7)55)37(69-23)43-33-25(35(57)47-39(45-33)59-9)41-11-12-42-26-34(46-40(60-10)48-36(26)58)44-38-32(68-22(8)56)30(66-20(6)54)28(64-18(4)52)24(70-38)14-62-16(2)50/h11-12,23-24,27-32,37-38H,13-14H2,1-10H3,(H2,43,45,47,57)(H2,44,46,48,58). The van der Waals surface area contributed by atoms with Gasteiger partial charge in [-0.2, -0.15) is 9.97 Å². The molecule has 2 fully saturated rings. The molecule has 2 aliphatic rings. The summed E-state index contributed by atoms with van der Waals surface area (Å²) in [5.74, 6) is -7.80. The van der Waals surface area contributed by atoms with Crippen LogP contribution in [0.4, 0.5) is 23.0 Å². The van der Waals surface area contributed by atoms with Gasteiger partial charge in [0.25, 0.3) is 23.1 Å². The molecule has 2 aliphatic heterocycles. The van der Waals surface area contributed by atoms with Crippen molar-refractivity contribution in [3.63, 3.8) is 0 Å². The van der Waals surface area contributed by atoms with Gasteiger partial charge in [-0.3, -0.25) is 57.9 Å². The lowest BCUT2D eigenvalue weighted by Gasteiger charge is -2.44. The van der Waals surface area contributed by atoms with Crippen molar-refractivity contribution >= 4 is 83.2 Å². The Morgan fingerprint density at radius 1 is 0.500 bits per heavy atom. The molecule has 4 heterocycles. The van der Waals surface area contributed by atoms with Gasteiger partial charge in [0.15, 0.2) is 72.1 Å². The van der Waals surface area contributed by atoms with Crippen molar-refractivity contribution < 1.29 is 95.2 Å². The Bertz CT molecular complexity index is 2310. The molecule has 382 valence electrons. The smallest absolute Gasteiger partial charge is 0.303 e. The van der Waals surface area contributed by atoms with Crippen LogP contribution in [0, 0.1) is 0 Å². The molecule has 0 saturated carbocycles. The minimum absolute atomic E-state index is 0.375. The lowest BCUT2D eigenvalue weighted by Crippen LogP contribution is -2.64. The van der Waals surface area contributed by atoms with Crippen LogP contribution in [0.25, 0.3) is 0 Å². The van der Waals surface area contributed by atoms with Crippen LogP contribution >= 0.6 is 0 Å². The minimum atomic E-state index is -1.65. The lowest BCUT2D eigenvalue weighted by molar-refractivity contribution is -0.247. The summed E-state index contributed by atoms with van der Waals surface area (Å²) in [4.78, 5) is 146. The summed E-state index contributed by atoms with van der Waals surface area (Å²) in [5.41, 5.74) is -2.98. The first-order valence-electron chi connectivity index (χ1n) is 20.6. The second-order valence-corrected chi connectivity index (χ2v) is 14.6. The predicted octanol–water partition coefficient (Wildman–Crippen LogP) is -1.03. The van der Waals surface area contributed by atoms with Crippen molar-refractivity contribution in [2.24, 2.45) is 9.98 Å². The van der Waals surface area contributed by atoms with Gasteiger partial charge in [0.05, 0.1) is 14.2 Å². The number of aromatic nitrogens is 4. The number of nitrogens with zero attached hydrogens (tertiary/aromatic N) is 4. The fraction of sp³-hybridized carbons (Fsp3) is 0.550. The Kier molecular flexibility index (Phi) is 19.4. The van der Waals surface area contributed by atoms with Crippen molar-refractivity contribution in [2.45, 2.75) is 117 Å². The SMILES string of the molecule is COc1nc(NC2OC(COC(C)=O)C(OC(C)=O)C(OC(C)=O)C2OC(C)=O)c(N=CC=Nc2c(NC3OC(COC(C)=O)C(OC(C)=O)C(OC(C)=O)C3OC(C)=O)nc(OC)[nH]c2=O)c(=O)[nH]1. The number of rotatable bonds is 19. The zero-order valence-electron chi connectivity index (χ0n) is 39.1. The van der Waals surface area contributed by atoms with E-state index in [4.69, 9.17) is 56.8 Å². The predicted molar refractivity (Wildman–Crippen MR) is 230 cm³/mol. The van der Waals surface area contributed by atoms with Crippen LogP contribution < -0.4 is 31.2 Å². The quantitative estimate of drug-likeness (QED) is 0.0742. The molecule has 10 unspecified atom stereocenters. The summed E-state index contributed by atoms with van der Waals surface area (Å²) < 4.78 is 65.3. The van der Waals surface area contributed by atoms with Gasteiger partial charge in [-0.15, -0.1) is 0 Å². The first kappa shape index (κ1) is 54.6. The van der Waals surface area contributed by atoms with E-state index in [1.54, 1.807) is 0 Å². The number of ether oxygens (including phenoxy) is 12. The number of methoxy groups -OCH3 is 2. The molecule has 0 amide bonds. The highest BCUT2D eigenvalue weighted by Crippen LogP contribution is 2.33. The van der Waals surface area contributed by atoms with E-state index < -0.39 is 156 Å². The molecule has 2 aromatic heterocycles. The van der Waals surface area contributed by atoms with Gasteiger partial charge in [-0.1, -0.05) is 0 Å². The molecule has 70 heavy (non-hydrogen) atoms. The number of carbonyl (C=O) groups excluding carboxylic acids is 8. The third-order valence-electron chi connectivity index (χ3n) is 9.15. The molecule has 30 nitrogen and oxygen atoms in total. The molecule has 10 atom stereocenters. The van der Waals surface area contributed by atoms with E-state index in [1.807, 2.05) is 0 Å². The number of anilines is 2. The Hall–Kier alpha value is -8.02. The maximum Gasteiger partial charge on any atom is 0.303 e. The van der Waals surface area contributed by atoms with Crippen LogP contribution in [-0.2, 0) is 85.7 Å². The zero-order chi connectivity index (χ0) is 52.0. The maximum atomic E-state index is 13.5.